The van der Waals surface area contributed by atoms with Crippen molar-refractivity contribution in [2.75, 3.05) is 25.0 Å². The molecule has 0 bridgehead atoms. The van der Waals surface area contributed by atoms with Crippen LogP contribution in [-0.4, -0.2) is 50.1 Å². The molecule has 0 spiro atoms. The van der Waals surface area contributed by atoms with Gasteiger partial charge in [0.05, 0.1) is 10.7 Å². The number of hydrogen-bond acceptors (Lipinski definition) is 5. The first-order valence-electron chi connectivity index (χ1n) is 11.9. The topological polar surface area (TPSA) is 87.5 Å². The molecular weight excluding hydrogens is 506 g/mol. The monoisotopic (exact) mass is 533 g/mol. The van der Waals surface area contributed by atoms with Crippen molar-refractivity contribution in [3.63, 3.8) is 0 Å². The van der Waals surface area contributed by atoms with Crippen LogP contribution in [0.15, 0.2) is 71.6 Å². The maximum absolute atomic E-state index is 12.7. The van der Waals surface area contributed by atoms with E-state index in [2.05, 4.69) is 54.8 Å². The zero-order valence-electron chi connectivity index (χ0n) is 19.4. The summed E-state index contributed by atoms with van der Waals surface area (Å²) in [5.41, 5.74) is 4.14. The van der Waals surface area contributed by atoms with Gasteiger partial charge in [0, 0.05) is 56.3 Å². The summed E-state index contributed by atoms with van der Waals surface area (Å²) >= 11 is 3.58. The summed E-state index contributed by atoms with van der Waals surface area (Å²) in [6, 6.07) is 16.3. The molecule has 180 valence electrons. The van der Waals surface area contributed by atoms with E-state index >= 15 is 0 Å². The van der Waals surface area contributed by atoms with E-state index in [9.17, 15) is 4.79 Å². The van der Waals surface area contributed by atoms with Crippen molar-refractivity contribution in [3.05, 3.63) is 88.4 Å². The van der Waals surface area contributed by atoms with Crippen molar-refractivity contribution in [2.24, 2.45) is 0 Å². The summed E-state index contributed by atoms with van der Waals surface area (Å²) in [6.45, 7) is 2.72. The van der Waals surface area contributed by atoms with Gasteiger partial charge in [0.1, 0.15) is 5.82 Å². The molecule has 0 aliphatic carbocycles. The van der Waals surface area contributed by atoms with E-state index in [4.69, 9.17) is 4.98 Å². The lowest BCUT2D eigenvalue weighted by atomic mass is 9.93. The Morgan fingerprint density at radius 2 is 1.86 bits per heavy atom. The third kappa shape index (κ3) is 5.62. The molecule has 1 aromatic carbocycles. The van der Waals surface area contributed by atoms with Gasteiger partial charge in [0.2, 0.25) is 0 Å². The minimum Gasteiger partial charge on any atom is -0.366 e. The Kier molecular flexibility index (Phi) is 7.23. The fourth-order valence-corrected chi connectivity index (χ4v) is 4.78. The molecular formula is C26H28BrN7O. The van der Waals surface area contributed by atoms with Crippen LogP contribution < -0.4 is 10.6 Å². The second-order valence-corrected chi connectivity index (χ2v) is 9.59. The second-order valence-electron chi connectivity index (χ2n) is 8.74. The van der Waals surface area contributed by atoms with Crippen molar-refractivity contribution < 1.29 is 4.79 Å². The molecule has 2 amide bonds. The Labute approximate surface area is 212 Å². The lowest BCUT2D eigenvalue weighted by molar-refractivity contribution is 0.181. The van der Waals surface area contributed by atoms with Gasteiger partial charge in [-0.25, -0.2) is 9.78 Å². The quantitative estimate of drug-likeness (QED) is 0.361. The summed E-state index contributed by atoms with van der Waals surface area (Å²) in [4.78, 5) is 23.7. The molecule has 0 unspecified atom stereocenters. The first-order chi connectivity index (χ1) is 17.2. The van der Waals surface area contributed by atoms with Crippen molar-refractivity contribution in [1.82, 2.24) is 29.8 Å². The lowest BCUT2D eigenvalue weighted by Gasteiger charge is -2.32. The highest BCUT2D eigenvalue weighted by Crippen LogP contribution is 2.30. The molecule has 9 heteroatoms. The SMILES string of the molecule is O=C(NCCc1ccccc1)N1CCC(c2cc(NCc3cccnc3)n3ncc(Br)c3n2)CC1. The summed E-state index contributed by atoms with van der Waals surface area (Å²) in [5, 5.41) is 11.0. The Balaban J connectivity index is 1.21. The van der Waals surface area contributed by atoms with Gasteiger partial charge < -0.3 is 15.5 Å². The van der Waals surface area contributed by atoms with E-state index in [1.807, 2.05) is 45.9 Å². The number of carbonyl (C=O) groups is 1. The number of likely N-dealkylation sites (tertiary alicyclic amines) is 1. The number of nitrogens with one attached hydrogen (secondary N) is 2. The number of fused-ring (bicyclic) bond motifs is 1. The number of anilines is 1. The van der Waals surface area contributed by atoms with Crippen LogP contribution in [0, 0.1) is 0 Å². The summed E-state index contributed by atoms with van der Waals surface area (Å²) < 4.78 is 2.68. The molecule has 1 saturated heterocycles. The zero-order chi connectivity index (χ0) is 24.0. The number of nitrogens with zero attached hydrogens (tertiary/aromatic N) is 5. The molecule has 8 nitrogen and oxygen atoms in total. The molecule has 0 atom stereocenters. The van der Waals surface area contributed by atoms with Crippen molar-refractivity contribution in [2.45, 2.75) is 31.7 Å². The minimum absolute atomic E-state index is 0.0140. The molecule has 1 aliphatic rings. The van der Waals surface area contributed by atoms with Crippen LogP contribution in [0.1, 0.15) is 35.6 Å². The molecule has 1 fully saturated rings. The lowest BCUT2D eigenvalue weighted by Crippen LogP contribution is -2.44. The first kappa shape index (κ1) is 23.3. The molecule has 3 aromatic heterocycles. The van der Waals surface area contributed by atoms with E-state index in [-0.39, 0.29) is 11.9 Å². The van der Waals surface area contributed by atoms with Gasteiger partial charge in [-0.1, -0.05) is 36.4 Å². The van der Waals surface area contributed by atoms with Gasteiger partial charge >= 0.3 is 6.03 Å². The molecule has 4 aromatic rings. The largest absolute Gasteiger partial charge is 0.366 e. The number of amides is 2. The number of urea groups is 1. The highest BCUT2D eigenvalue weighted by Gasteiger charge is 2.26. The standard InChI is InChI=1S/C26H28BrN7O/c27-22-18-31-34-24(30-17-20-7-4-11-28-16-20)15-23(32-25(22)34)21-9-13-33(14-10-21)26(35)29-12-8-19-5-2-1-3-6-19/h1-7,11,15-16,18,21,30H,8-10,12-14,17H2,(H,29,35). The predicted molar refractivity (Wildman–Crippen MR) is 139 cm³/mol. The van der Waals surface area contributed by atoms with Gasteiger partial charge in [-0.3, -0.25) is 4.98 Å². The minimum atomic E-state index is 0.0140. The van der Waals surface area contributed by atoms with E-state index < -0.39 is 0 Å². The summed E-state index contributed by atoms with van der Waals surface area (Å²) in [5.74, 6) is 1.18. The maximum atomic E-state index is 12.7. The van der Waals surface area contributed by atoms with Crippen molar-refractivity contribution in [3.8, 4) is 0 Å². The number of pyridine rings is 1. The van der Waals surface area contributed by atoms with E-state index in [0.717, 1.165) is 46.5 Å². The number of aromatic nitrogens is 4. The molecule has 5 rings (SSSR count). The molecule has 0 saturated carbocycles. The number of rotatable bonds is 7. The zero-order valence-corrected chi connectivity index (χ0v) is 21.0. The number of benzene rings is 1. The van der Waals surface area contributed by atoms with Crippen LogP contribution in [0.25, 0.3) is 5.65 Å². The number of piperidine rings is 1. The molecule has 1 aliphatic heterocycles. The fourth-order valence-electron chi connectivity index (χ4n) is 4.43. The van der Waals surface area contributed by atoms with Crippen LogP contribution in [0.3, 0.4) is 0 Å². The summed E-state index contributed by atoms with van der Waals surface area (Å²) in [6.07, 6.45) is 7.98. The number of carbonyl (C=O) groups excluding carboxylic acids is 1. The van der Waals surface area contributed by atoms with Gasteiger partial charge in [-0.15, -0.1) is 0 Å². The highest BCUT2D eigenvalue weighted by atomic mass is 79.9. The Bertz CT molecular complexity index is 1270. The van der Waals surface area contributed by atoms with Gasteiger partial charge in [0.25, 0.3) is 0 Å². The van der Waals surface area contributed by atoms with E-state index in [1.165, 1.54) is 5.56 Å². The van der Waals surface area contributed by atoms with E-state index in [1.54, 1.807) is 12.4 Å². The van der Waals surface area contributed by atoms with Gasteiger partial charge in [0.15, 0.2) is 5.65 Å². The van der Waals surface area contributed by atoms with Crippen molar-refractivity contribution in [1.29, 1.82) is 0 Å². The van der Waals surface area contributed by atoms with Crippen LogP contribution in [0.5, 0.6) is 0 Å². The molecule has 4 heterocycles. The molecule has 0 radical (unpaired) electrons. The molecule has 2 N–H and O–H groups in total. The first-order valence-corrected chi connectivity index (χ1v) is 12.7. The van der Waals surface area contributed by atoms with Gasteiger partial charge in [-0.05, 0) is 52.4 Å². The average molecular weight is 534 g/mol. The van der Waals surface area contributed by atoms with Crippen LogP contribution >= 0.6 is 15.9 Å². The Morgan fingerprint density at radius 1 is 1.06 bits per heavy atom. The number of hydrogen-bond donors (Lipinski definition) is 2. The smallest absolute Gasteiger partial charge is 0.317 e. The Morgan fingerprint density at radius 3 is 2.63 bits per heavy atom. The Hall–Kier alpha value is -3.46. The third-order valence-corrected chi connectivity index (χ3v) is 6.94. The van der Waals surface area contributed by atoms with E-state index in [0.29, 0.717) is 26.2 Å². The van der Waals surface area contributed by atoms with Gasteiger partial charge in [-0.2, -0.15) is 9.61 Å². The highest BCUT2D eigenvalue weighted by molar-refractivity contribution is 9.10. The van der Waals surface area contributed by atoms with Crippen LogP contribution in [0.2, 0.25) is 0 Å². The van der Waals surface area contributed by atoms with Crippen LogP contribution in [0.4, 0.5) is 10.6 Å². The summed E-state index contributed by atoms with van der Waals surface area (Å²) in [7, 11) is 0. The maximum Gasteiger partial charge on any atom is 0.317 e. The normalized spacial score (nSPS) is 14.3. The third-order valence-electron chi connectivity index (χ3n) is 6.38. The predicted octanol–water partition coefficient (Wildman–Crippen LogP) is 4.63. The van der Waals surface area contributed by atoms with Crippen molar-refractivity contribution >= 4 is 33.4 Å². The molecule has 35 heavy (non-hydrogen) atoms. The second kappa shape index (κ2) is 10.9. The number of halogens is 1. The average Bonchev–Trinajstić information content (AvgIpc) is 3.29. The van der Waals surface area contributed by atoms with Crippen LogP contribution in [-0.2, 0) is 13.0 Å². The fraction of sp³-hybridized carbons (Fsp3) is 0.308.